The summed E-state index contributed by atoms with van der Waals surface area (Å²) < 4.78 is 23.0. The number of piperidine rings is 1. The van der Waals surface area contributed by atoms with Crippen molar-refractivity contribution in [3.05, 3.63) is 29.8 Å². The molecule has 0 aromatic heterocycles. The van der Waals surface area contributed by atoms with Crippen LogP contribution < -0.4 is 0 Å². The zero-order valence-corrected chi connectivity index (χ0v) is 14.8. The van der Waals surface area contributed by atoms with Crippen LogP contribution in [0.25, 0.3) is 0 Å². The molecular formula is C16H23NO3S2. The lowest BCUT2D eigenvalue weighted by molar-refractivity contribution is -0.132. The summed E-state index contributed by atoms with van der Waals surface area (Å²) in [4.78, 5) is 15.2. The van der Waals surface area contributed by atoms with Gasteiger partial charge in [-0.3, -0.25) is 4.79 Å². The van der Waals surface area contributed by atoms with Crippen LogP contribution in [-0.2, 0) is 21.1 Å². The van der Waals surface area contributed by atoms with Gasteiger partial charge in [0.2, 0.25) is 5.91 Å². The lowest BCUT2D eigenvalue weighted by Gasteiger charge is -2.31. The van der Waals surface area contributed by atoms with Crippen molar-refractivity contribution in [2.45, 2.75) is 35.8 Å². The standard InChI is InChI=1S/C16H23NO3S2/c1-21-14-6-3-13(4-7-14)5-8-16(18)17-11-9-15(10-12-17)22(2,19)20/h3-4,6-7,15H,5,8-12H2,1-2H3. The van der Waals surface area contributed by atoms with Gasteiger partial charge >= 0.3 is 0 Å². The molecule has 1 aromatic rings. The average molecular weight is 341 g/mol. The van der Waals surface area contributed by atoms with E-state index in [2.05, 4.69) is 24.3 Å². The summed E-state index contributed by atoms with van der Waals surface area (Å²) in [5, 5.41) is -0.282. The van der Waals surface area contributed by atoms with Crippen molar-refractivity contribution in [3.63, 3.8) is 0 Å². The molecular weight excluding hydrogens is 318 g/mol. The maximum atomic E-state index is 12.2. The van der Waals surface area contributed by atoms with E-state index >= 15 is 0 Å². The van der Waals surface area contributed by atoms with Gasteiger partial charge < -0.3 is 4.90 Å². The number of aryl methyl sites for hydroxylation is 1. The number of likely N-dealkylation sites (tertiary alicyclic amines) is 1. The highest BCUT2D eigenvalue weighted by atomic mass is 32.2. The first-order valence-electron chi connectivity index (χ1n) is 7.49. The molecule has 1 fully saturated rings. The second kappa shape index (κ2) is 7.51. The molecule has 1 aliphatic heterocycles. The van der Waals surface area contributed by atoms with Crippen molar-refractivity contribution in [2.75, 3.05) is 25.6 Å². The summed E-state index contributed by atoms with van der Waals surface area (Å²) in [6, 6.07) is 8.27. The predicted octanol–water partition coefficient (Wildman–Crippen LogP) is 2.38. The number of nitrogens with zero attached hydrogens (tertiary/aromatic N) is 1. The Morgan fingerprint density at radius 3 is 2.32 bits per heavy atom. The summed E-state index contributed by atoms with van der Waals surface area (Å²) in [5.74, 6) is 0.126. The van der Waals surface area contributed by atoms with E-state index in [0.29, 0.717) is 32.4 Å². The van der Waals surface area contributed by atoms with Crippen LogP contribution >= 0.6 is 11.8 Å². The molecule has 0 unspecified atom stereocenters. The highest BCUT2D eigenvalue weighted by Crippen LogP contribution is 2.19. The summed E-state index contributed by atoms with van der Waals surface area (Å²) in [5.41, 5.74) is 1.16. The average Bonchev–Trinajstić information content (AvgIpc) is 2.52. The first kappa shape index (κ1) is 17.3. The molecule has 2 rings (SSSR count). The quantitative estimate of drug-likeness (QED) is 0.772. The zero-order valence-electron chi connectivity index (χ0n) is 13.1. The Balaban J connectivity index is 1.80. The minimum absolute atomic E-state index is 0.126. The minimum atomic E-state index is -2.98. The Morgan fingerprint density at radius 2 is 1.82 bits per heavy atom. The van der Waals surface area contributed by atoms with Gasteiger partial charge in [0, 0.05) is 30.7 Å². The van der Waals surface area contributed by atoms with Crippen molar-refractivity contribution < 1.29 is 13.2 Å². The molecule has 4 nitrogen and oxygen atoms in total. The van der Waals surface area contributed by atoms with Crippen LogP contribution in [0.2, 0.25) is 0 Å². The lowest BCUT2D eigenvalue weighted by atomic mass is 10.1. The number of carbonyl (C=O) groups excluding carboxylic acids is 1. The number of thioether (sulfide) groups is 1. The number of hydrogen-bond donors (Lipinski definition) is 0. The van der Waals surface area contributed by atoms with Crippen LogP contribution in [0.3, 0.4) is 0 Å². The fourth-order valence-electron chi connectivity index (χ4n) is 2.73. The van der Waals surface area contributed by atoms with E-state index in [1.165, 1.54) is 11.2 Å². The van der Waals surface area contributed by atoms with Crippen LogP contribution in [0.15, 0.2) is 29.2 Å². The third-order valence-electron chi connectivity index (χ3n) is 4.19. The van der Waals surface area contributed by atoms with Crippen LogP contribution in [0.1, 0.15) is 24.8 Å². The van der Waals surface area contributed by atoms with Crippen molar-refractivity contribution in [1.82, 2.24) is 4.90 Å². The monoisotopic (exact) mass is 341 g/mol. The predicted molar refractivity (Wildman–Crippen MR) is 91.0 cm³/mol. The van der Waals surface area contributed by atoms with Crippen molar-refractivity contribution in [3.8, 4) is 0 Å². The maximum Gasteiger partial charge on any atom is 0.222 e. The summed E-state index contributed by atoms with van der Waals surface area (Å²) >= 11 is 1.70. The first-order chi connectivity index (χ1) is 10.4. The van der Waals surface area contributed by atoms with Gasteiger partial charge in [-0.25, -0.2) is 8.42 Å². The molecule has 1 saturated heterocycles. The van der Waals surface area contributed by atoms with E-state index in [0.717, 1.165) is 12.0 Å². The van der Waals surface area contributed by atoms with Gasteiger partial charge in [-0.15, -0.1) is 11.8 Å². The molecule has 6 heteroatoms. The Kier molecular flexibility index (Phi) is 5.92. The highest BCUT2D eigenvalue weighted by molar-refractivity contribution is 7.98. The molecule has 1 aliphatic rings. The number of benzene rings is 1. The number of hydrogen-bond acceptors (Lipinski definition) is 4. The molecule has 122 valence electrons. The third kappa shape index (κ3) is 4.74. The number of carbonyl (C=O) groups is 1. The van der Waals surface area contributed by atoms with Gasteiger partial charge in [-0.05, 0) is 43.2 Å². The normalized spacial score (nSPS) is 16.7. The SMILES string of the molecule is CSc1ccc(CCC(=O)N2CCC(S(C)(=O)=O)CC2)cc1. The smallest absolute Gasteiger partial charge is 0.222 e. The molecule has 0 aliphatic carbocycles. The molecule has 1 heterocycles. The van der Waals surface area contributed by atoms with Crippen molar-refractivity contribution in [1.29, 1.82) is 0 Å². The minimum Gasteiger partial charge on any atom is -0.343 e. The topological polar surface area (TPSA) is 54.5 Å². The molecule has 0 radical (unpaired) electrons. The Morgan fingerprint density at radius 1 is 1.23 bits per heavy atom. The van der Waals surface area contributed by atoms with Crippen LogP contribution in [0.4, 0.5) is 0 Å². The highest BCUT2D eigenvalue weighted by Gasteiger charge is 2.28. The van der Waals surface area contributed by atoms with E-state index in [4.69, 9.17) is 0 Å². The van der Waals surface area contributed by atoms with Gasteiger partial charge in [0.05, 0.1) is 5.25 Å². The molecule has 1 aromatic carbocycles. The first-order valence-corrected chi connectivity index (χ1v) is 10.7. The summed E-state index contributed by atoms with van der Waals surface area (Å²) in [6.07, 6.45) is 5.67. The van der Waals surface area contributed by atoms with Gasteiger partial charge in [-0.1, -0.05) is 12.1 Å². The number of sulfone groups is 1. The Labute approximate surface area is 137 Å². The molecule has 0 atom stereocenters. The third-order valence-corrected chi connectivity index (χ3v) is 6.61. The molecule has 0 bridgehead atoms. The van der Waals surface area contributed by atoms with Gasteiger partial charge in [0.25, 0.3) is 0 Å². The van der Waals surface area contributed by atoms with E-state index < -0.39 is 9.84 Å². The zero-order chi connectivity index (χ0) is 16.2. The molecule has 0 saturated carbocycles. The Hall–Kier alpha value is -1.01. The molecule has 1 amide bonds. The van der Waals surface area contributed by atoms with Crippen LogP contribution in [0.5, 0.6) is 0 Å². The lowest BCUT2D eigenvalue weighted by Crippen LogP contribution is -2.42. The van der Waals surface area contributed by atoms with Crippen LogP contribution in [-0.4, -0.2) is 50.1 Å². The molecule has 0 N–H and O–H groups in total. The molecule has 22 heavy (non-hydrogen) atoms. The summed E-state index contributed by atoms with van der Waals surface area (Å²) in [6.45, 7) is 1.12. The number of amides is 1. The fourth-order valence-corrected chi connectivity index (χ4v) is 4.21. The largest absolute Gasteiger partial charge is 0.343 e. The van der Waals surface area contributed by atoms with Crippen LogP contribution in [0, 0.1) is 0 Å². The fraction of sp³-hybridized carbons (Fsp3) is 0.562. The van der Waals surface area contributed by atoms with Crippen molar-refractivity contribution >= 4 is 27.5 Å². The summed E-state index contributed by atoms with van der Waals surface area (Å²) in [7, 11) is -2.98. The van der Waals surface area contributed by atoms with Gasteiger partial charge in [0.15, 0.2) is 0 Å². The maximum absolute atomic E-state index is 12.2. The second-order valence-electron chi connectivity index (χ2n) is 5.76. The number of rotatable bonds is 5. The van der Waals surface area contributed by atoms with E-state index in [-0.39, 0.29) is 11.2 Å². The van der Waals surface area contributed by atoms with E-state index in [1.807, 2.05) is 6.26 Å². The Bertz CT molecular complexity index is 603. The van der Waals surface area contributed by atoms with Gasteiger partial charge in [0.1, 0.15) is 9.84 Å². The van der Waals surface area contributed by atoms with Gasteiger partial charge in [-0.2, -0.15) is 0 Å². The van der Waals surface area contributed by atoms with Crippen molar-refractivity contribution in [2.24, 2.45) is 0 Å². The molecule has 0 spiro atoms. The second-order valence-corrected chi connectivity index (χ2v) is 8.96. The van der Waals surface area contributed by atoms with E-state index in [1.54, 1.807) is 16.7 Å². The van der Waals surface area contributed by atoms with E-state index in [9.17, 15) is 13.2 Å².